The third-order valence-electron chi connectivity index (χ3n) is 2.31. The first-order chi connectivity index (χ1) is 7.66. The molecule has 0 saturated carbocycles. The van der Waals surface area contributed by atoms with Crippen molar-refractivity contribution in [2.24, 2.45) is 0 Å². The van der Waals surface area contributed by atoms with Crippen molar-refractivity contribution in [1.82, 2.24) is 0 Å². The lowest BCUT2D eigenvalue weighted by molar-refractivity contribution is 0.596. The van der Waals surface area contributed by atoms with Gasteiger partial charge in [-0.05, 0) is 5.56 Å². The van der Waals surface area contributed by atoms with E-state index in [1.54, 1.807) is 23.5 Å². The fraction of sp³-hybridized carbons (Fsp3) is 0.455. The van der Waals surface area contributed by atoms with Gasteiger partial charge in [0.05, 0.1) is 16.1 Å². The molecule has 1 aromatic rings. The summed E-state index contributed by atoms with van der Waals surface area (Å²) in [6.07, 6.45) is 0. The molecule has 16 heavy (non-hydrogen) atoms. The molecule has 2 nitrogen and oxygen atoms in total. The predicted molar refractivity (Wildman–Crippen MR) is 72.6 cm³/mol. The molecule has 1 fully saturated rings. The average Bonchev–Trinajstić information content (AvgIpc) is 2.70. The highest BCUT2D eigenvalue weighted by Crippen LogP contribution is 2.33. The van der Waals surface area contributed by atoms with Crippen molar-refractivity contribution in [3.8, 4) is 0 Å². The Morgan fingerprint density at radius 3 is 2.38 bits per heavy atom. The molecule has 0 aliphatic carbocycles. The van der Waals surface area contributed by atoms with Crippen LogP contribution in [0.5, 0.6) is 0 Å². The van der Waals surface area contributed by atoms with E-state index in [1.807, 2.05) is 30.3 Å². The third kappa shape index (κ3) is 3.71. The van der Waals surface area contributed by atoms with E-state index in [9.17, 15) is 8.42 Å². The summed E-state index contributed by atoms with van der Waals surface area (Å²) >= 11 is 3.53. The highest BCUT2D eigenvalue weighted by molar-refractivity contribution is 8.20. The van der Waals surface area contributed by atoms with Crippen molar-refractivity contribution >= 4 is 33.4 Å². The molecule has 0 radical (unpaired) electrons. The summed E-state index contributed by atoms with van der Waals surface area (Å²) in [7, 11) is -2.96. The lowest BCUT2D eigenvalue weighted by atomic mass is 10.2. The second-order valence-corrected chi connectivity index (χ2v) is 8.74. The largest absolute Gasteiger partial charge is 0.228 e. The quantitative estimate of drug-likeness (QED) is 0.844. The van der Waals surface area contributed by atoms with E-state index < -0.39 is 9.84 Å². The molecule has 2 rings (SSSR count). The molecule has 0 spiro atoms. The monoisotopic (exact) mass is 274 g/mol. The summed E-state index contributed by atoms with van der Waals surface area (Å²) < 4.78 is 24.1. The minimum atomic E-state index is -2.96. The molecule has 1 aliphatic heterocycles. The van der Waals surface area contributed by atoms with E-state index in [-0.39, 0.29) is 10.3 Å². The second kappa shape index (κ2) is 5.47. The molecule has 88 valence electrons. The highest BCUT2D eigenvalue weighted by atomic mass is 32.2. The SMILES string of the molecule is O=S(=O)(Cc1ccccc1)CC1SCCS1. The van der Waals surface area contributed by atoms with Crippen molar-refractivity contribution in [1.29, 1.82) is 0 Å². The van der Waals surface area contributed by atoms with E-state index >= 15 is 0 Å². The summed E-state index contributed by atoms with van der Waals surface area (Å²) in [5.74, 6) is 2.63. The van der Waals surface area contributed by atoms with Crippen LogP contribution in [0.4, 0.5) is 0 Å². The number of hydrogen-bond acceptors (Lipinski definition) is 4. The van der Waals surface area contributed by atoms with Crippen molar-refractivity contribution in [3.63, 3.8) is 0 Å². The Hall–Kier alpha value is -0.130. The maximum absolute atomic E-state index is 11.9. The maximum Gasteiger partial charge on any atom is 0.156 e. The van der Waals surface area contributed by atoms with Crippen LogP contribution in [0.3, 0.4) is 0 Å². The van der Waals surface area contributed by atoms with Gasteiger partial charge in [0, 0.05) is 11.5 Å². The molecule has 0 unspecified atom stereocenters. The molecule has 0 aromatic heterocycles. The predicted octanol–water partition coefficient (Wildman–Crippen LogP) is 2.41. The Morgan fingerprint density at radius 1 is 1.12 bits per heavy atom. The lowest BCUT2D eigenvalue weighted by Crippen LogP contribution is -2.15. The van der Waals surface area contributed by atoms with Crippen LogP contribution in [0, 0.1) is 0 Å². The molecule has 1 heterocycles. The number of hydrogen-bond donors (Lipinski definition) is 0. The Bertz CT molecular complexity index is 422. The summed E-state index contributed by atoms with van der Waals surface area (Å²) in [6, 6.07) is 9.39. The van der Waals surface area contributed by atoms with Crippen LogP contribution < -0.4 is 0 Å². The van der Waals surface area contributed by atoms with Gasteiger partial charge >= 0.3 is 0 Å². The summed E-state index contributed by atoms with van der Waals surface area (Å²) in [4.78, 5) is 0. The average molecular weight is 274 g/mol. The van der Waals surface area contributed by atoms with Gasteiger partial charge in [0.15, 0.2) is 9.84 Å². The van der Waals surface area contributed by atoms with Crippen LogP contribution >= 0.6 is 23.5 Å². The van der Waals surface area contributed by atoms with Crippen LogP contribution in [-0.4, -0.2) is 30.3 Å². The zero-order chi connectivity index (χ0) is 11.4. The summed E-state index contributed by atoms with van der Waals surface area (Å²) in [6.45, 7) is 0. The number of benzene rings is 1. The minimum Gasteiger partial charge on any atom is -0.228 e. The van der Waals surface area contributed by atoms with Gasteiger partial charge in [-0.1, -0.05) is 30.3 Å². The van der Waals surface area contributed by atoms with Gasteiger partial charge in [-0.2, -0.15) is 0 Å². The fourth-order valence-electron chi connectivity index (χ4n) is 1.60. The Kier molecular flexibility index (Phi) is 4.21. The van der Waals surface area contributed by atoms with Gasteiger partial charge < -0.3 is 0 Å². The van der Waals surface area contributed by atoms with E-state index in [0.717, 1.165) is 17.1 Å². The molecule has 1 saturated heterocycles. The van der Waals surface area contributed by atoms with Gasteiger partial charge in [0.25, 0.3) is 0 Å². The number of rotatable bonds is 4. The topological polar surface area (TPSA) is 34.1 Å². The highest BCUT2D eigenvalue weighted by Gasteiger charge is 2.23. The van der Waals surface area contributed by atoms with E-state index in [4.69, 9.17) is 0 Å². The van der Waals surface area contributed by atoms with Crippen LogP contribution in [0.2, 0.25) is 0 Å². The van der Waals surface area contributed by atoms with Crippen LogP contribution in [0.1, 0.15) is 5.56 Å². The van der Waals surface area contributed by atoms with Crippen LogP contribution in [0.15, 0.2) is 30.3 Å². The van der Waals surface area contributed by atoms with E-state index in [1.165, 1.54) is 0 Å². The Balaban J connectivity index is 1.97. The molecular formula is C11H14O2S3. The van der Waals surface area contributed by atoms with Gasteiger partial charge in [-0.25, -0.2) is 8.42 Å². The van der Waals surface area contributed by atoms with Crippen LogP contribution in [-0.2, 0) is 15.6 Å². The first-order valence-electron chi connectivity index (χ1n) is 5.13. The first kappa shape index (κ1) is 12.3. The molecule has 0 atom stereocenters. The molecule has 5 heteroatoms. The second-order valence-electron chi connectivity index (χ2n) is 3.71. The maximum atomic E-state index is 11.9. The van der Waals surface area contributed by atoms with Gasteiger partial charge in [0.2, 0.25) is 0 Å². The lowest BCUT2D eigenvalue weighted by Gasteiger charge is -2.08. The van der Waals surface area contributed by atoms with Gasteiger partial charge in [0.1, 0.15) is 0 Å². The van der Waals surface area contributed by atoms with Crippen molar-refractivity contribution in [2.75, 3.05) is 17.3 Å². The molecule has 1 aliphatic rings. The number of thioether (sulfide) groups is 2. The standard InChI is InChI=1S/C11H14O2S3/c12-16(13,9-11-14-6-7-15-11)8-10-4-2-1-3-5-10/h1-5,11H,6-9H2. The zero-order valence-electron chi connectivity index (χ0n) is 8.83. The van der Waals surface area contributed by atoms with E-state index in [0.29, 0.717) is 5.75 Å². The fourth-order valence-corrected chi connectivity index (χ4v) is 7.10. The minimum absolute atomic E-state index is 0.172. The summed E-state index contributed by atoms with van der Waals surface area (Å²) in [5, 5.41) is 0. The molecule has 0 amide bonds. The molecule has 1 aromatic carbocycles. The van der Waals surface area contributed by atoms with Crippen LogP contribution in [0.25, 0.3) is 0 Å². The van der Waals surface area contributed by atoms with Crippen molar-refractivity contribution in [2.45, 2.75) is 10.3 Å². The van der Waals surface area contributed by atoms with Gasteiger partial charge in [-0.3, -0.25) is 0 Å². The summed E-state index contributed by atoms with van der Waals surface area (Å²) in [5.41, 5.74) is 0.885. The molecular weight excluding hydrogens is 260 g/mol. The Labute approximate surface area is 105 Å². The first-order valence-corrected chi connectivity index (χ1v) is 9.05. The Morgan fingerprint density at radius 2 is 1.75 bits per heavy atom. The molecule has 0 N–H and O–H groups in total. The molecule has 0 bridgehead atoms. The zero-order valence-corrected chi connectivity index (χ0v) is 11.3. The normalized spacial score (nSPS) is 17.8. The number of sulfone groups is 1. The van der Waals surface area contributed by atoms with Crippen molar-refractivity contribution < 1.29 is 8.42 Å². The van der Waals surface area contributed by atoms with Gasteiger partial charge in [-0.15, -0.1) is 23.5 Å². The third-order valence-corrected chi connectivity index (χ3v) is 7.38. The van der Waals surface area contributed by atoms with E-state index in [2.05, 4.69) is 0 Å². The smallest absolute Gasteiger partial charge is 0.156 e. The van der Waals surface area contributed by atoms with Crippen molar-refractivity contribution in [3.05, 3.63) is 35.9 Å².